The lowest BCUT2D eigenvalue weighted by atomic mass is 9.99. The second-order valence-electron chi connectivity index (χ2n) is 9.61. The summed E-state index contributed by atoms with van der Waals surface area (Å²) >= 11 is 0. The standard InChI is InChI=1S/C26H33N5O2/c1-17-10-14-30(15-11-17)16-20-6-8-21(9-7-20)29-25(32)22-18(2)33-26-23(22)24(27-19(3)28-26)31-12-4-5-13-31/h6-9,17H,4-5,10-16H2,1-3H3,(H,29,32). The van der Waals surface area contributed by atoms with E-state index in [-0.39, 0.29) is 5.91 Å². The number of aryl methyl sites for hydroxylation is 2. The zero-order chi connectivity index (χ0) is 22.9. The summed E-state index contributed by atoms with van der Waals surface area (Å²) in [6, 6.07) is 8.19. The molecule has 7 heteroatoms. The van der Waals surface area contributed by atoms with Crippen LogP contribution >= 0.6 is 0 Å². The smallest absolute Gasteiger partial charge is 0.260 e. The van der Waals surface area contributed by atoms with Crippen molar-refractivity contribution < 1.29 is 9.21 Å². The second kappa shape index (κ2) is 9.14. The summed E-state index contributed by atoms with van der Waals surface area (Å²) in [7, 11) is 0. The molecule has 1 N–H and O–H groups in total. The highest BCUT2D eigenvalue weighted by molar-refractivity contribution is 6.15. The minimum Gasteiger partial charge on any atom is -0.442 e. The van der Waals surface area contributed by atoms with Crippen molar-refractivity contribution in [3.63, 3.8) is 0 Å². The van der Waals surface area contributed by atoms with Crippen LogP contribution in [0.3, 0.4) is 0 Å². The monoisotopic (exact) mass is 447 g/mol. The van der Waals surface area contributed by atoms with Gasteiger partial charge in [-0.25, -0.2) is 4.98 Å². The highest BCUT2D eigenvalue weighted by Crippen LogP contribution is 2.34. The highest BCUT2D eigenvalue weighted by Gasteiger charge is 2.27. The number of hydrogen-bond acceptors (Lipinski definition) is 6. The van der Waals surface area contributed by atoms with E-state index in [4.69, 9.17) is 4.42 Å². The normalized spacial score (nSPS) is 17.7. The van der Waals surface area contributed by atoms with Crippen molar-refractivity contribution in [1.29, 1.82) is 0 Å². The number of nitrogens with one attached hydrogen (secondary N) is 1. The number of rotatable bonds is 5. The number of piperidine rings is 1. The number of hydrogen-bond donors (Lipinski definition) is 1. The minimum absolute atomic E-state index is 0.183. The van der Waals surface area contributed by atoms with E-state index in [1.54, 1.807) is 0 Å². The number of benzene rings is 1. The first kappa shape index (κ1) is 21.9. The summed E-state index contributed by atoms with van der Waals surface area (Å²) in [5.74, 6) is 2.68. The zero-order valence-electron chi connectivity index (χ0n) is 19.9. The molecule has 2 saturated heterocycles. The first-order valence-electron chi connectivity index (χ1n) is 12.1. The van der Waals surface area contributed by atoms with Gasteiger partial charge >= 0.3 is 0 Å². The van der Waals surface area contributed by atoms with E-state index in [9.17, 15) is 4.79 Å². The molecule has 0 unspecified atom stereocenters. The van der Waals surface area contributed by atoms with Gasteiger partial charge in [0.15, 0.2) is 0 Å². The molecule has 0 aliphatic carbocycles. The largest absolute Gasteiger partial charge is 0.442 e. The Balaban J connectivity index is 1.35. The van der Waals surface area contributed by atoms with Crippen LogP contribution in [0.5, 0.6) is 0 Å². The maximum atomic E-state index is 13.3. The molecule has 0 radical (unpaired) electrons. The zero-order valence-corrected chi connectivity index (χ0v) is 19.9. The molecule has 2 aromatic heterocycles. The molecule has 4 heterocycles. The van der Waals surface area contributed by atoms with Crippen molar-refractivity contribution in [2.75, 3.05) is 36.4 Å². The van der Waals surface area contributed by atoms with Crippen LogP contribution in [0.4, 0.5) is 11.5 Å². The molecule has 174 valence electrons. The van der Waals surface area contributed by atoms with Crippen LogP contribution in [-0.4, -0.2) is 47.0 Å². The lowest BCUT2D eigenvalue weighted by Crippen LogP contribution is -2.32. The van der Waals surface area contributed by atoms with Crippen LogP contribution in [0.2, 0.25) is 0 Å². The van der Waals surface area contributed by atoms with Crippen molar-refractivity contribution in [2.45, 2.75) is 53.0 Å². The van der Waals surface area contributed by atoms with Crippen molar-refractivity contribution >= 4 is 28.5 Å². The number of fused-ring (bicyclic) bond motifs is 1. The molecule has 2 fully saturated rings. The number of amides is 1. The number of likely N-dealkylation sites (tertiary alicyclic amines) is 1. The Kier molecular flexibility index (Phi) is 6.06. The fourth-order valence-electron chi connectivity index (χ4n) is 4.99. The van der Waals surface area contributed by atoms with Crippen molar-refractivity contribution in [3.8, 4) is 0 Å². The van der Waals surface area contributed by atoms with Crippen LogP contribution < -0.4 is 10.2 Å². The molecule has 0 atom stereocenters. The maximum absolute atomic E-state index is 13.3. The van der Waals surface area contributed by atoms with E-state index >= 15 is 0 Å². The number of carbonyl (C=O) groups is 1. The Morgan fingerprint density at radius 1 is 1.06 bits per heavy atom. The highest BCUT2D eigenvalue weighted by atomic mass is 16.3. The third-order valence-electron chi connectivity index (χ3n) is 6.95. The Hall–Kier alpha value is -2.93. The third kappa shape index (κ3) is 4.60. The van der Waals surface area contributed by atoms with Gasteiger partial charge in [0.25, 0.3) is 5.91 Å². The molecule has 2 aliphatic rings. The van der Waals surface area contributed by atoms with Crippen LogP contribution in [0, 0.1) is 19.8 Å². The molecule has 0 saturated carbocycles. The topological polar surface area (TPSA) is 74.5 Å². The minimum atomic E-state index is -0.183. The van der Waals surface area contributed by atoms with Gasteiger partial charge in [-0.3, -0.25) is 9.69 Å². The summed E-state index contributed by atoms with van der Waals surface area (Å²) in [5.41, 5.74) is 3.06. The Morgan fingerprint density at radius 2 is 1.76 bits per heavy atom. The molecule has 5 rings (SSSR count). The Bertz CT molecular complexity index is 1140. The molecule has 1 aromatic carbocycles. The fraction of sp³-hybridized carbons (Fsp3) is 0.500. The third-order valence-corrected chi connectivity index (χ3v) is 6.95. The molecule has 1 amide bonds. The molecule has 0 bridgehead atoms. The Labute approximate surface area is 195 Å². The second-order valence-corrected chi connectivity index (χ2v) is 9.61. The maximum Gasteiger partial charge on any atom is 0.260 e. The van der Waals surface area contributed by atoms with Gasteiger partial charge in [-0.15, -0.1) is 0 Å². The van der Waals surface area contributed by atoms with Gasteiger partial charge in [-0.1, -0.05) is 19.1 Å². The summed E-state index contributed by atoms with van der Waals surface area (Å²) < 4.78 is 5.91. The van der Waals surface area contributed by atoms with Crippen molar-refractivity contribution in [1.82, 2.24) is 14.9 Å². The fourth-order valence-corrected chi connectivity index (χ4v) is 4.99. The average molecular weight is 448 g/mol. The van der Waals surface area contributed by atoms with E-state index < -0.39 is 0 Å². The van der Waals surface area contributed by atoms with Crippen LogP contribution in [-0.2, 0) is 6.54 Å². The summed E-state index contributed by atoms with van der Waals surface area (Å²) in [5, 5.41) is 3.78. The van der Waals surface area contributed by atoms with Gasteiger partial charge in [0, 0.05) is 25.3 Å². The number of aromatic nitrogens is 2. The molecular weight excluding hydrogens is 414 g/mol. The SMILES string of the molecule is Cc1nc(N2CCCC2)c2c(C(=O)Nc3ccc(CN4CCC(C)CC4)cc3)c(C)oc2n1. The van der Waals surface area contributed by atoms with Gasteiger partial charge < -0.3 is 14.6 Å². The molecule has 0 spiro atoms. The lowest BCUT2D eigenvalue weighted by Gasteiger charge is -2.30. The van der Waals surface area contributed by atoms with Crippen molar-refractivity contribution in [3.05, 3.63) is 47.0 Å². The van der Waals surface area contributed by atoms with E-state index in [0.29, 0.717) is 28.2 Å². The van der Waals surface area contributed by atoms with E-state index in [1.165, 1.54) is 18.4 Å². The van der Waals surface area contributed by atoms with Gasteiger partial charge in [0.1, 0.15) is 17.4 Å². The van der Waals surface area contributed by atoms with E-state index in [0.717, 1.165) is 63.0 Å². The number of anilines is 2. The molecule has 7 nitrogen and oxygen atoms in total. The summed E-state index contributed by atoms with van der Waals surface area (Å²) in [6.07, 6.45) is 4.81. The van der Waals surface area contributed by atoms with Gasteiger partial charge in [-0.05, 0) is 76.2 Å². The average Bonchev–Trinajstić information content (AvgIpc) is 3.43. The quantitative estimate of drug-likeness (QED) is 0.598. The Morgan fingerprint density at radius 3 is 2.45 bits per heavy atom. The first-order valence-corrected chi connectivity index (χ1v) is 12.1. The van der Waals surface area contributed by atoms with Crippen molar-refractivity contribution in [2.24, 2.45) is 5.92 Å². The predicted octanol–water partition coefficient (Wildman–Crippen LogP) is 4.92. The van der Waals surface area contributed by atoms with E-state index in [1.807, 2.05) is 26.0 Å². The van der Waals surface area contributed by atoms with Gasteiger partial charge in [-0.2, -0.15) is 4.98 Å². The van der Waals surface area contributed by atoms with E-state index in [2.05, 4.69) is 44.1 Å². The van der Waals surface area contributed by atoms with Crippen LogP contribution in [0.15, 0.2) is 28.7 Å². The molecular formula is C26H33N5O2. The number of carbonyl (C=O) groups excluding carboxylic acids is 1. The summed E-state index contributed by atoms with van der Waals surface area (Å²) in [6.45, 7) is 11.2. The molecule has 2 aliphatic heterocycles. The lowest BCUT2D eigenvalue weighted by molar-refractivity contribution is 0.102. The number of nitrogens with zero attached hydrogens (tertiary/aromatic N) is 4. The summed E-state index contributed by atoms with van der Waals surface area (Å²) in [4.78, 5) is 27.2. The van der Waals surface area contributed by atoms with Crippen LogP contribution in [0.25, 0.3) is 11.1 Å². The number of furan rings is 1. The van der Waals surface area contributed by atoms with Gasteiger partial charge in [0.2, 0.25) is 5.71 Å². The predicted molar refractivity (Wildman–Crippen MR) is 131 cm³/mol. The van der Waals surface area contributed by atoms with Gasteiger partial charge in [0.05, 0.1) is 10.9 Å². The molecule has 33 heavy (non-hydrogen) atoms. The first-order chi connectivity index (χ1) is 16.0. The van der Waals surface area contributed by atoms with Crippen LogP contribution in [0.1, 0.15) is 60.1 Å². The molecule has 3 aromatic rings.